The summed E-state index contributed by atoms with van der Waals surface area (Å²) in [5.74, 6) is -0.298. The lowest BCUT2D eigenvalue weighted by Crippen LogP contribution is -2.53. The van der Waals surface area contributed by atoms with Gasteiger partial charge in [-0.25, -0.2) is 8.42 Å². The van der Waals surface area contributed by atoms with Crippen molar-refractivity contribution in [3.8, 4) is 5.75 Å². The van der Waals surface area contributed by atoms with E-state index in [4.69, 9.17) is 16.3 Å². The molecule has 0 aliphatic carbocycles. The first-order valence-corrected chi connectivity index (χ1v) is 16.7. The zero-order chi connectivity index (χ0) is 32.2. The molecule has 45 heavy (non-hydrogen) atoms. The Morgan fingerprint density at radius 3 is 2.11 bits per heavy atom. The Hall–Kier alpha value is -4.34. The Bertz CT molecular complexity index is 1650. The molecule has 0 saturated carbocycles. The Labute approximate surface area is 270 Å². The van der Waals surface area contributed by atoms with Crippen molar-refractivity contribution in [2.75, 3.05) is 24.0 Å². The number of amides is 2. The Kier molecular flexibility index (Phi) is 12.0. The molecule has 1 atom stereocenters. The highest BCUT2D eigenvalue weighted by Gasteiger charge is 2.34. The van der Waals surface area contributed by atoms with Crippen molar-refractivity contribution >= 4 is 39.1 Å². The van der Waals surface area contributed by atoms with Crippen LogP contribution in [0.5, 0.6) is 5.75 Å². The van der Waals surface area contributed by atoms with Crippen molar-refractivity contribution in [1.82, 2.24) is 10.2 Å². The predicted molar refractivity (Wildman–Crippen MR) is 178 cm³/mol. The van der Waals surface area contributed by atoms with Gasteiger partial charge >= 0.3 is 0 Å². The molecule has 0 aliphatic heterocycles. The van der Waals surface area contributed by atoms with Gasteiger partial charge in [-0.3, -0.25) is 13.9 Å². The lowest BCUT2D eigenvalue weighted by molar-refractivity contribution is -0.140. The van der Waals surface area contributed by atoms with E-state index in [1.54, 1.807) is 60.7 Å². The van der Waals surface area contributed by atoms with E-state index in [1.807, 2.05) is 50.2 Å². The van der Waals surface area contributed by atoms with E-state index in [2.05, 4.69) is 5.32 Å². The number of carbonyl (C=O) groups excluding carboxylic acids is 2. The monoisotopic (exact) mass is 647 g/mol. The van der Waals surface area contributed by atoms with Crippen molar-refractivity contribution in [3.63, 3.8) is 0 Å². The molecule has 236 valence electrons. The van der Waals surface area contributed by atoms with Crippen LogP contribution in [0.15, 0.2) is 114 Å². The summed E-state index contributed by atoms with van der Waals surface area (Å²) in [6.45, 7) is 4.19. The SMILES string of the molecule is CCCNC(=O)[C@@H](Cc1ccccc1)N(Cc1cccc(Cl)c1)C(=O)CN(c1ccc(OCC)cc1)S(=O)(=O)c1ccccc1. The zero-order valence-corrected chi connectivity index (χ0v) is 27.0. The number of carbonyl (C=O) groups is 2. The van der Waals surface area contributed by atoms with E-state index in [-0.39, 0.29) is 29.5 Å². The molecule has 10 heteroatoms. The van der Waals surface area contributed by atoms with E-state index in [1.165, 1.54) is 17.0 Å². The minimum absolute atomic E-state index is 0.0367. The molecular formula is C35H38ClN3O5S. The number of anilines is 1. The lowest BCUT2D eigenvalue weighted by atomic mass is 10.0. The highest BCUT2D eigenvalue weighted by molar-refractivity contribution is 7.92. The van der Waals surface area contributed by atoms with E-state index < -0.39 is 28.5 Å². The molecule has 2 amide bonds. The number of nitrogens with one attached hydrogen (secondary N) is 1. The number of nitrogens with zero attached hydrogens (tertiary/aromatic N) is 2. The molecule has 0 heterocycles. The highest BCUT2D eigenvalue weighted by Crippen LogP contribution is 2.27. The maximum atomic E-state index is 14.5. The summed E-state index contributed by atoms with van der Waals surface area (Å²) in [7, 11) is -4.18. The minimum Gasteiger partial charge on any atom is -0.494 e. The molecule has 0 bridgehead atoms. The number of hydrogen-bond acceptors (Lipinski definition) is 5. The molecule has 0 unspecified atom stereocenters. The number of ether oxygens (including phenoxy) is 1. The van der Waals surface area contributed by atoms with Gasteiger partial charge in [0.15, 0.2) is 0 Å². The molecule has 4 rings (SSSR count). The summed E-state index contributed by atoms with van der Waals surface area (Å²) in [6, 6.07) is 30.1. The standard InChI is InChI=1S/C35H38ClN3O5S/c1-3-22-37-35(41)33(24-27-12-7-5-8-13-27)38(25-28-14-11-15-29(36)23-28)34(40)26-39(30-18-20-31(21-19-30)44-4-2)45(42,43)32-16-9-6-10-17-32/h5-21,23,33H,3-4,22,24-26H2,1-2H3,(H,37,41)/t33-/m1/s1. The molecule has 0 aromatic heterocycles. The summed E-state index contributed by atoms with van der Waals surface area (Å²) in [4.78, 5) is 29.6. The number of sulfonamides is 1. The maximum Gasteiger partial charge on any atom is 0.264 e. The van der Waals surface area contributed by atoms with Crippen LogP contribution >= 0.6 is 11.6 Å². The third kappa shape index (κ3) is 9.09. The second-order valence-electron chi connectivity index (χ2n) is 10.4. The summed E-state index contributed by atoms with van der Waals surface area (Å²) < 4.78 is 34.8. The number of hydrogen-bond donors (Lipinski definition) is 1. The molecule has 1 N–H and O–H groups in total. The van der Waals surface area contributed by atoms with Crippen LogP contribution in [-0.2, 0) is 32.6 Å². The van der Waals surface area contributed by atoms with Crippen molar-refractivity contribution < 1.29 is 22.7 Å². The largest absolute Gasteiger partial charge is 0.494 e. The molecule has 0 aliphatic rings. The van der Waals surface area contributed by atoms with Crippen molar-refractivity contribution in [2.24, 2.45) is 0 Å². The molecule has 4 aromatic rings. The molecule has 0 radical (unpaired) electrons. The van der Waals surface area contributed by atoms with Crippen LogP contribution < -0.4 is 14.4 Å². The van der Waals surface area contributed by atoms with Gasteiger partial charge in [0, 0.05) is 24.5 Å². The number of halogens is 1. The fraction of sp³-hybridized carbons (Fsp3) is 0.257. The van der Waals surface area contributed by atoms with Gasteiger partial charge in [0.25, 0.3) is 10.0 Å². The summed E-state index contributed by atoms with van der Waals surface area (Å²) >= 11 is 6.29. The molecule has 8 nitrogen and oxygen atoms in total. The number of rotatable bonds is 15. The highest BCUT2D eigenvalue weighted by atomic mass is 35.5. The van der Waals surface area contributed by atoms with Crippen LogP contribution in [0, 0.1) is 0 Å². The fourth-order valence-corrected chi connectivity index (χ4v) is 6.52. The van der Waals surface area contributed by atoms with Crippen LogP contribution in [0.3, 0.4) is 0 Å². The van der Waals surface area contributed by atoms with E-state index in [0.717, 1.165) is 9.87 Å². The smallest absolute Gasteiger partial charge is 0.264 e. The van der Waals surface area contributed by atoms with Gasteiger partial charge in [-0.1, -0.05) is 79.2 Å². The van der Waals surface area contributed by atoms with E-state index >= 15 is 0 Å². The van der Waals surface area contributed by atoms with Gasteiger partial charge in [-0.05, 0) is 73.0 Å². The zero-order valence-electron chi connectivity index (χ0n) is 25.4. The third-order valence-corrected chi connectivity index (χ3v) is 9.13. The quantitative estimate of drug-likeness (QED) is 0.168. The van der Waals surface area contributed by atoms with E-state index in [0.29, 0.717) is 35.9 Å². The fourth-order valence-electron chi connectivity index (χ4n) is 4.88. The van der Waals surface area contributed by atoms with Crippen LogP contribution in [0.25, 0.3) is 0 Å². The van der Waals surface area contributed by atoms with Crippen molar-refractivity contribution in [2.45, 2.75) is 44.2 Å². The Balaban J connectivity index is 1.78. The van der Waals surface area contributed by atoms with Gasteiger partial charge in [-0.15, -0.1) is 0 Å². The van der Waals surface area contributed by atoms with Gasteiger partial charge in [0.1, 0.15) is 18.3 Å². The summed E-state index contributed by atoms with van der Waals surface area (Å²) in [5.41, 5.74) is 1.85. The molecule has 0 fully saturated rings. The van der Waals surface area contributed by atoms with Crippen molar-refractivity contribution in [3.05, 3.63) is 125 Å². The van der Waals surface area contributed by atoms with Gasteiger partial charge in [0.2, 0.25) is 11.8 Å². The van der Waals surface area contributed by atoms with Gasteiger partial charge in [-0.2, -0.15) is 0 Å². The van der Waals surface area contributed by atoms with E-state index in [9.17, 15) is 18.0 Å². The molecule has 0 saturated heterocycles. The number of benzene rings is 4. The summed E-state index contributed by atoms with van der Waals surface area (Å²) in [5, 5.41) is 3.42. The average molecular weight is 648 g/mol. The lowest BCUT2D eigenvalue weighted by Gasteiger charge is -2.34. The van der Waals surface area contributed by atoms with Crippen molar-refractivity contribution in [1.29, 1.82) is 0 Å². The molecule has 4 aromatic carbocycles. The first-order valence-electron chi connectivity index (χ1n) is 14.9. The van der Waals surface area contributed by atoms with Crippen LogP contribution in [0.1, 0.15) is 31.4 Å². The second-order valence-corrected chi connectivity index (χ2v) is 12.7. The third-order valence-electron chi connectivity index (χ3n) is 7.11. The Morgan fingerprint density at radius 1 is 0.844 bits per heavy atom. The van der Waals surface area contributed by atoms with Crippen LogP contribution in [-0.4, -0.2) is 50.9 Å². The van der Waals surface area contributed by atoms with Gasteiger partial charge in [0.05, 0.1) is 17.2 Å². The Morgan fingerprint density at radius 2 is 1.49 bits per heavy atom. The average Bonchev–Trinajstić information content (AvgIpc) is 3.05. The van der Waals surface area contributed by atoms with Crippen LogP contribution in [0.2, 0.25) is 5.02 Å². The van der Waals surface area contributed by atoms with Crippen LogP contribution in [0.4, 0.5) is 5.69 Å². The maximum absolute atomic E-state index is 14.5. The first-order chi connectivity index (χ1) is 21.7. The topological polar surface area (TPSA) is 96.0 Å². The predicted octanol–water partition coefficient (Wildman–Crippen LogP) is 6.10. The molecule has 0 spiro atoms. The summed E-state index contributed by atoms with van der Waals surface area (Å²) in [6.07, 6.45) is 0.948. The minimum atomic E-state index is -4.18. The van der Waals surface area contributed by atoms with Gasteiger partial charge < -0.3 is 15.0 Å². The normalized spacial score (nSPS) is 11.8. The first kappa shape index (κ1) is 33.6. The molecular weight excluding hydrogens is 610 g/mol. The second kappa shape index (κ2) is 16.1.